The molecule has 222 valence electrons. The molecule has 0 atom stereocenters. The molecule has 0 radical (unpaired) electrons. The topological polar surface area (TPSA) is 131 Å². The molecule has 11 nitrogen and oxygen atoms in total. The van der Waals surface area contributed by atoms with Gasteiger partial charge in [-0.25, -0.2) is 17.2 Å². The molecule has 6 rings (SSSR count). The van der Waals surface area contributed by atoms with Crippen LogP contribution in [0.2, 0.25) is 0 Å². The molecule has 3 aromatic rings. The van der Waals surface area contributed by atoms with E-state index in [9.17, 15) is 26.8 Å². The second-order valence-corrected chi connectivity index (χ2v) is 12.9. The quantitative estimate of drug-likeness (QED) is 0.381. The smallest absolute Gasteiger partial charge is 0.258 e. The van der Waals surface area contributed by atoms with Crippen molar-refractivity contribution in [1.29, 1.82) is 0 Å². The van der Waals surface area contributed by atoms with E-state index in [1.54, 1.807) is 6.07 Å². The number of fused-ring (bicyclic) bond motifs is 1. The van der Waals surface area contributed by atoms with E-state index < -0.39 is 32.5 Å². The molecule has 3 aliphatic rings. The summed E-state index contributed by atoms with van der Waals surface area (Å²) in [5.41, 5.74) is 2.64. The Morgan fingerprint density at radius 2 is 1.69 bits per heavy atom. The zero-order chi connectivity index (χ0) is 29.6. The number of halogens is 2. The third kappa shape index (κ3) is 5.74. The maximum absolute atomic E-state index is 13.8. The normalized spacial score (nSPS) is 18.0. The number of nitrogens with zero attached hydrogens (tertiary/aromatic N) is 4. The number of anilines is 3. The van der Waals surface area contributed by atoms with Gasteiger partial charge in [0.1, 0.15) is 11.6 Å². The monoisotopic (exact) mass is 599 g/mol. The maximum atomic E-state index is 13.8. The van der Waals surface area contributed by atoms with Gasteiger partial charge in [-0.1, -0.05) is 0 Å². The van der Waals surface area contributed by atoms with Gasteiger partial charge in [0.05, 0.1) is 16.1 Å². The van der Waals surface area contributed by atoms with Crippen molar-refractivity contribution in [2.45, 2.75) is 30.7 Å². The summed E-state index contributed by atoms with van der Waals surface area (Å²) in [5, 5.41) is 12.8. The van der Waals surface area contributed by atoms with Crippen LogP contribution in [0.25, 0.3) is 0 Å². The van der Waals surface area contributed by atoms with Gasteiger partial charge in [-0.05, 0) is 50.2 Å². The number of piperazine rings is 1. The number of aromatic nitrogens is 2. The van der Waals surface area contributed by atoms with E-state index in [0.717, 1.165) is 61.1 Å². The van der Waals surface area contributed by atoms with Crippen LogP contribution in [0, 0.1) is 17.6 Å². The molecule has 2 amide bonds. The summed E-state index contributed by atoms with van der Waals surface area (Å²) in [5.74, 6) is -2.57. The Kier molecular flexibility index (Phi) is 7.45. The Labute approximate surface area is 241 Å². The minimum Gasteiger partial charge on any atom is -0.369 e. The van der Waals surface area contributed by atoms with Crippen molar-refractivity contribution < 1.29 is 26.8 Å². The average Bonchev–Trinajstić information content (AvgIpc) is 3.74. The van der Waals surface area contributed by atoms with E-state index in [-0.39, 0.29) is 42.7 Å². The van der Waals surface area contributed by atoms with Gasteiger partial charge < -0.3 is 20.4 Å². The number of rotatable bonds is 7. The highest BCUT2D eigenvalue weighted by atomic mass is 32.2. The summed E-state index contributed by atoms with van der Waals surface area (Å²) in [7, 11) is -2.16. The standard InChI is InChI=1S/C28H31F2N7O4S/c1-35-8-10-36(11-9-35)20-4-5-22(25(15-20)31-27(38)17-2-3-17)28(39)32-26-23-16-37(7-6-24(23)33-34-26)42(40,41)21-13-18(29)12-19(30)14-21/h4-5,12-15,17H,2-3,6-11,16H2,1H3,(H,31,38)(H2,32,33,34,39). The minimum atomic E-state index is -4.22. The average molecular weight is 600 g/mol. The van der Waals surface area contributed by atoms with Crippen molar-refractivity contribution in [2.24, 2.45) is 5.92 Å². The summed E-state index contributed by atoms with van der Waals surface area (Å²) < 4.78 is 55.0. The molecule has 0 spiro atoms. The van der Waals surface area contributed by atoms with Crippen molar-refractivity contribution in [3.05, 3.63) is 64.9 Å². The van der Waals surface area contributed by atoms with Crippen molar-refractivity contribution in [3.63, 3.8) is 0 Å². The van der Waals surface area contributed by atoms with Gasteiger partial charge in [0, 0.05) is 74.6 Å². The molecular weight excluding hydrogens is 568 g/mol. The van der Waals surface area contributed by atoms with E-state index >= 15 is 0 Å². The van der Waals surface area contributed by atoms with Gasteiger partial charge in [0.25, 0.3) is 5.91 Å². The molecule has 2 aromatic carbocycles. The molecule has 1 saturated heterocycles. The molecule has 1 aromatic heterocycles. The molecule has 0 bridgehead atoms. The van der Waals surface area contributed by atoms with E-state index in [1.165, 1.54) is 0 Å². The highest BCUT2D eigenvalue weighted by Gasteiger charge is 2.33. The molecule has 3 N–H and O–H groups in total. The summed E-state index contributed by atoms with van der Waals surface area (Å²) in [6, 6.07) is 7.48. The lowest BCUT2D eigenvalue weighted by molar-refractivity contribution is -0.117. The van der Waals surface area contributed by atoms with Crippen molar-refractivity contribution in [1.82, 2.24) is 19.4 Å². The Morgan fingerprint density at radius 3 is 2.38 bits per heavy atom. The van der Waals surface area contributed by atoms with E-state index in [1.807, 2.05) is 12.1 Å². The van der Waals surface area contributed by atoms with Crippen LogP contribution in [0.3, 0.4) is 0 Å². The molecule has 2 fully saturated rings. The fraction of sp³-hybridized carbons (Fsp3) is 0.393. The number of sulfonamides is 1. The van der Waals surface area contributed by atoms with E-state index in [0.29, 0.717) is 23.0 Å². The van der Waals surface area contributed by atoms with Crippen LogP contribution < -0.4 is 15.5 Å². The van der Waals surface area contributed by atoms with Crippen LogP contribution in [-0.2, 0) is 27.8 Å². The lowest BCUT2D eigenvalue weighted by atomic mass is 10.1. The number of carbonyl (C=O) groups excluding carboxylic acids is 2. The highest BCUT2D eigenvalue weighted by molar-refractivity contribution is 7.89. The first-order valence-electron chi connectivity index (χ1n) is 13.8. The van der Waals surface area contributed by atoms with Crippen molar-refractivity contribution >= 4 is 39.0 Å². The molecule has 1 saturated carbocycles. The predicted octanol–water partition coefficient (Wildman–Crippen LogP) is 2.79. The number of benzene rings is 2. The lowest BCUT2D eigenvalue weighted by Gasteiger charge is -2.34. The van der Waals surface area contributed by atoms with E-state index in [4.69, 9.17) is 0 Å². The first-order valence-corrected chi connectivity index (χ1v) is 15.2. The largest absolute Gasteiger partial charge is 0.369 e. The molecule has 0 unspecified atom stereocenters. The van der Waals surface area contributed by atoms with Gasteiger partial charge in [-0.15, -0.1) is 0 Å². The Bertz CT molecular complexity index is 1630. The second-order valence-electron chi connectivity index (χ2n) is 11.0. The fourth-order valence-corrected chi connectivity index (χ4v) is 6.71. The summed E-state index contributed by atoms with van der Waals surface area (Å²) in [4.78, 5) is 30.2. The fourth-order valence-electron chi connectivity index (χ4n) is 5.26. The minimum absolute atomic E-state index is 0.0636. The third-order valence-corrected chi connectivity index (χ3v) is 9.75. The van der Waals surface area contributed by atoms with Gasteiger partial charge in [-0.2, -0.15) is 9.40 Å². The van der Waals surface area contributed by atoms with Crippen molar-refractivity contribution in [3.8, 4) is 0 Å². The number of hydrogen-bond acceptors (Lipinski definition) is 7. The Hall–Kier alpha value is -3.88. The Balaban J connectivity index is 1.24. The second kappa shape index (κ2) is 11.1. The predicted molar refractivity (Wildman–Crippen MR) is 152 cm³/mol. The summed E-state index contributed by atoms with van der Waals surface area (Å²) in [6.45, 7) is 3.34. The molecule has 1 aliphatic carbocycles. The van der Waals surface area contributed by atoms with Crippen molar-refractivity contribution in [2.75, 3.05) is 55.3 Å². The molecule has 3 heterocycles. The van der Waals surface area contributed by atoms with Crippen LogP contribution in [0.5, 0.6) is 0 Å². The van der Waals surface area contributed by atoms with Crippen LogP contribution in [0.15, 0.2) is 41.3 Å². The number of carbonyl (C=O) groups is 2. The first-order chi connectivity index (χ1) is 20.1. The number of nitrogens with one attached hydrogen (secondary N) is 3. The lowest BCUT2D eigenvalue weighted by Crippen LogP contribution is -2.44. The number of amides is 2. The number of likely N-dealkylation sites (N-methyl/N-ethyl adjacent to an activating group) is 1. The zero-order valence-corrected chi connectivity index (χ0v) is 23.8. The zero-order valence-electron chi connectivity index (χ0n) is 23.0. The first kappa shape index (κ1) is 28.2. The molecule has 2 aliphatic heterocycles. The molecule has 14 heteroatoms. The van der Waals surface area contributed by atoms with Crippen LogP contribution in [0.1, 0.15) is 34.5 Å². The maximum Gasteiger partial charge on any atom is 0.258 e. The van der Waals surface area contributed by atoms with Crippen LogP contribution in [0.4, 0.5) is 26.0 Å². The third-order valence-electron chi connectivity index (χ3n) is 7.93. The Morgan fingerprint density at radius 1 is 0.976 bits per heavy atom. The number of hydrogen-bond donors (Lipinski definition) is 3. The van der Waals surface area contributed by atoms with Gasteiger partial charge in [0.2, 0.25) is 15.9 Å². The molecular formula is C28H31F2N7O4S. The molecule has 42 heavy (non-hydrogen) atoms. The number of H-pyrrole nitrogens is 1. The SMILES string of the molecule is CN1CCN(c2ccc(C(=O)Nc3n[nH]c4c3CN(S(=O)(=O)c3cc(F)cc(F)c3)CC4)c(NC(=O)C3CC3)c2)CC1. The van der Waals surface area contributed by atoms with Crippen LogP contribution in [-0.4, -0.2) is 79.4 Å². The van der Waals surface area contributed by atoms with Gasteiger partial charge in [0.15, 0.2) is 5.82 Å². The number of aromatic amines is 1. The van der Waals surface area contributed by atoms with E-state index in [2.05, 4.69) is 37.7 Å². The van der Waals surface area contributed by atoms with Gasteiger partial charge >= 0.3 is 0 Å². The summed E-state index contributed by atoms with van der Waals surface area (Å²) >= 11 is 0. The van der Waals surface area contributed by atoms with Gasteiger partial charge in [-0.3, -0.25) is 14.7 Å². The van der Waals surface area contributed by atoms with Crippen LogP contribution >= 0.6 is 0 Å². The summed E-state index contributed by atoms with van der Waals surface area (Å²) in [6.07, 6.45) is 1.89. The highest BCUT2D eigenvalue weighted by Crippen LogP contribution is 2.33.